The van der Waals surface area contributed by atoms with Crippen LogP contribution in [0.3, 0.4) is 0 Å². The van der Waals surface area contributed by atoms with Crippen molar-refractivity contribution in [2.75, 3.05) is 38.7 Å². The molecule has 1 fully saturated rings. The molecule has 0 saturated carbocycles. The number of hydrogen-bond donors (Lipinski definition) is 2. The van der Waals surface area contributed by atoms with Gasteiger partial charge < -0.3 is 20.3 Å². The summed E-state index contributed by atoms with van der Waals surface area (Å²) in [5.41, 5.74) is 2.49. The fourth-order valence-electron chi connectivity index (χ4n) is 3.28. The third kappa shape index (κ3) is 6.30. The lowest BCUT2D eigenvalue weighted by Crippen LogP contribution is -2.39. The van der Waals surface area contributed by atoms with Crippen LogP contribution in [0.5, 0.6) is 5.75 Å². The second-order valence-electron chi connectivity index (χ2n) is 6.59. The van der Waals surface area contributed by atoms with Crippen molar-refractivity contribution in [1.29, 1.82) is 0 Å². The molecule has 1 saturated heterocycles. The van der Waals surface area contributed by atoms with Crippen LogP contribution in [0, 0.1) is 5.92 Å². The second-order valence-corrected chi connectivity index (χ2v) is 6.59. The number of methoxy groups -OCH3 is 1. The minimum absolute atomic E-state index is 0. The van der Waals surface area contributed by atoms with Crippen molar-refractivity contribution in [1.82, 2.24) is 10.6 Å². The van der Waals surface area contributed by atoms with Gasteiger partial charge in [-0.25, -0.2) is 0 Å². The van der Waals surface area contributed by atoms with Crippen molar-refractivity contribution < 1.29 is 4.74 Å². The van der Waals surface area contributed by atoms with Gasteiger partial charge in [0.1, 0.15) is 5.75 Å². The average Bonchev–Trinajstić information content (AvgIpc) is 3.18. The Labute approximate surface area is 179 Å². The number of hydrogen-bond acceptors (Lipinski definition) is 3. The van der Waals surface area contributed by atoms with E-state index in [2.05, 4.69) is 63.0 Å². The number of rotatable bonds is 6. The molecule has 27 heavy (non-hydrogen) atoms. The monoisotopic (exact) mass is 480 g/mol. The molecule has 146 valence electrons. The highest BCUT2D eigenvalue weighted by Crippen LogP contribution is 2.26. The average molecular weight is 480 g/mol. The number of guanidine groups is 1. The summed E-state index contributed by atoms with van der Waals surface area (Å²) in [4.78, 5) is 6.75. The molecule has 1 unspecified atom stereocenters. The Morgan fingerprint density at radius 3 is 2.70 bits per heavy atom. The van der Waals surface area contributed by atoms with E-state index < -0.39 is 0 Å². The maximum atomic E-state index is 5.34. The van der Waals surface area contributed by atoms with E-state index in [1.54, 1.807) is 7.11 Å². The van der Waals surface area contributed by atoms with Crippen LogP contribution in [0.4, 0.5) is 5.69 Å². The molecule has 5 nitrogen and oxygen atoms in total. The maximum Gasteiger partial charge on any atom is 0.191 e. The minimum atomic E-state index is 0. The molecule has 2 aromatic carbocycles. The van der Waals surface area contributed by atoms with Gasteiger partial charge in [-0.2, -0.15) is 0 Å². The van der Waals surface area contributed by atoms with Crippen LogP contribution < -0.4 is 20.3 Å². The predicted octanol–water partition coefficient (Wildman–Crippen LogP) is 3.50. The van der Waals surface area contributed by atoms with Crippen molar-refractivity contribution in [3.63, 3.8) is 0 Å². The topological polar surface area (TPSA) is 48.9 Å². The van der Waals surface area contributed by atoms with E-state index >= 15 is 0 Å². The second kappa shape index (κ2) is 11.0. The lowest BCUT2D eigenvalue weighted by molar-refractivity contribution is 0.415. The normalized spacial score (nSPS) is 16.6. The van der Waals surface area contributed by atoms with Crippen LogP contribution >= 0.6 is 24.0 Å². The molecule has 1 aliphatic heterocycles. The fourth-order valence-corrected chi connectivity index (χ4v) is 3.28. The summed E-state index contributed by atoms with van der Waals surface area (Å²) in [6.07, 6.45) is 1.18. The standard InChI is InChI=1S/C21H28N4O.HI/c1-22-21(23-14-17-7-4-3-5-8-17)24-15-18-11-12-25(16-18)19-9-6-10-20(13-19)26-2;/h3-10,13,18H,11-12,14-16H2,1-2H3,(H2,22,23,24);1H. The van der Waals surface area contributed by atoms with Crippen LogP contribution in [0.15, 0.2) is 59.6 Å². The summed E-state index contributed by atoms with van der Waals surface area (Å²) >= 11 is 0. The SMILES string of the molecule is CN=C(NCc1ccccc1)NCC1CCN(c2cccc(OC)c2)C1.I. The zero-order chi connectivity index (χ0) is 18.2. The first-order chi connectivity index (χ1) is 12.8. The molecule has 2 N–H and O–H groups in total. The quantitative estimate of drug-likeness (QED) is 0.378. The predicted molar refractivity (Wildman–Crippen MR) is 123 cm³/mol. The summed E-state index contributed by atoms with van der Waals surface area (Å²) in [5.74, 6) is 2.37. The summed E-state index contributed by atoms with van der Waals surface area (Å²) < 4.78 is 5.34. The Morgan fingerprint density at radius 2 is 1.96 bits per heavy atom. The van der Waals surface area contributed by atoms with Gasteiger partial charge in [0.2, 0.25) is 0 Å². The minimum Gasteiger partial charge on any atom is -0.497 e. The molecule has 0 spiro atoms. The molecule has 1 aliphatic rings. The van der Waals surface area contributed by atoms with Gasteiger partial charge in [-0.3, -0.25) is 4.99 Å². The van der Waals surface area contributed by atoms with Crippen molar-refractivity contribution in [3.05, 3.63) is 60.2 Å². The van der Waals surface area contributed by atoms with Crippen molar-refractivity contribution in [3.8, 4) is 5.75 Å². The number of nitrogens with one attached hydrogen (secondary N) is 2. The summed E-state index contributed by atoms with van der Waals surface area (Å²) in [6, 6.07) is 18.7. The number of halogens is 1. The molecule has 0 radical (unpaired) electrons. The summed E-state index contributed by atoms with van der Waals surface area (Å²) in [7, 11) is 3.53. The summed E-state index contributed by atoms with van der Waals surface area (Å²) in [6.45, 7) is 3.83. The third-order valence-electron chi connectivity index (χ3n) is 4.79. The third-order valence-corrected chi connectivity index (χ3v) is 4.79. The van der Waals surface area contributed by atoms with Gasteiger partial charge in [-0.15, -0.1) is 24.0 Å². The zero-order valence-corrected chi connectivity index (χ0v) is 18.4. The molecular weight excluding hydrogens is 451 g/mol. The first-order valence-electron chi connectivity index (χ1n) is 9.16. The number of aliphatic imine (C=N–C) groups is 1. The van der Waals surface area contributed by atoms with E-state index in [0.29, 0.717) is 5.92 Å². The van der Waals surface area contributed by atoms with Crippen LogP contribution in [-0.4, -0.2) is 39.8 Å². The Bertz CT molecular complexity index is 723. The van der Waals surface area contributed by atoms with Gasteiger partial charge in [-0.05, 0) is 30.0 Å². The van der Waals surface area contributed by atoms with Crippen molar-refractivity contribution in [2.24, 2.45) is 10.9 Å². The molecule has 0 aliphatic carbocycles. The molecule has 1 atom stereocenters. The van der Waals surface area contributed by atoms with Gasteiger partial charge in [0.25, 0.3) is 0 Å². The molecule has 0 aromatic heterocycles. The van der Waals surface area contributed by atoms with Gasteiger partial charge in [0, 0.05) is 45.0 Å². The molecular formula is C21H29IN4O. The van der Waals surface area contributed by atoms with Gasteiger partial charge in [0.15, 0.2) is 5.96 Å². The van der Waals surface area contributed by atoms with Crippen molar-refractivity contribution >= 4 is 35.6 Å². The summed E-state index contributed by atoms with van der Waals surface area (Å²) in [5, 5.41) is 6.84. The number of benzene rings is 2. The van der Waals surface area contributed by atoms with E-state index in [1.165, 1.54) is 17.7 Å². The first kappa shape index (κ1) is 21.3. The fraction of sp³-hybridized carbons (Fsp3) is 0.381. The van der Waals surface area contributed by atoms with E-state index in [9.17, 15) is 0 Å². The molecule has 6 heteroatoms. The smallest absolute Gasteiger partial charge is 0.191 e. The Balaban J connectivity index is 0.00000261. The Morgan fingerprint density at radius 1 is 1.15 bits per heavy atom. The highest BCUT2D eigenvalue weighted by atomic mass is 127. The van der Waals surface area contributed by atoms with E-state index in [0.717, 1.165) is 37.9 Å². The van der Waals surface area contributed by atoms with Crippen LogP contribution in [0.1, 0.15) is 12.0 Å². The maximum absolute atomic E-state index is 5.34. The van der Waals surface area contributed by atoms with Crippen molar-refractivity contribution in [2.45, 2.75) is 13.0 Å². The molecule has 2 aromatic rings. The van der Waals surface area contributed by atoms with E-state index in [4.69, 9.17) is 4.74 Å². The lowest BCUT2D eigenvalue weighted by atomic mass is 10.1. The molecule has 0 bridgehead atoms. The van der Waals surface area contributed by atoms with E-state index in [1.807, 2.05) is 19.2 Å². The highest BCUT2D eigenvalue weighted by molar-refractivity contribution is 14.0. The Kier molecular flexibility index (Phi) is 8.71. The van der Waals surface area contributed by atoms with Crippen LogP contribution in [0.25, 0.3) is 0 Å². The van der Waals surface area contributed by atoms with E-state index in [-0.39, 0.29) is 24.0 Å². The largest absolute Gasteiger partial charge is 0.497 e. The van der Waals surface area contributed by atoms with Gasteiger partial charge >= 0.3 is 0 Å². The van der Waals surface area contributed by atoms with Gasteiger partial charge in [0.05, 0.1) is 7.11 Å². The van der Waals surface area contributed by atoms with Crippen LogP contribution in [-0.2, 0) is 6.54 Å². The molecule has 1 heterocycles. The Hall–Kier alpha value is -1.96. The first-order valence-corrected chi connectivity index (χ1v) is 9.16. The highest BCUT2D eigenvalue weighted by Gasteiger charge is 2.23. The number of ether oxygens (including phenoxy) is 1. The lowest BCUT2D eigenvalue weighted by Gasteiger charge is -2.20. The zero-order valence-electron chi connectivity index (χ0n) is 16.0. The molecule has 0 amide bonds. The molecule has 3 rings (SSSR count). The number of anilines is 1. The van der Waals surface area contributed by atoms with Gasteiger partial charge in [-0.1, -0.05) is 36.4 Å². The van der Waals surface area contributed by atoms with Crippen LogP contribution in [0.2, 0.25) is 0 Å². The number of nitrogens with zero attached hydrogens (tertiary/aromatic N) is 2.